The van der Waals surface area contributed by atoms with Crippen molar-refractivity contribution in [3.63, 3.8) is 0 Å². The van der Waals surface area contributed by atoms with Crippen LogP contribution in [0.4, 0.5) is 5.82 Å². The third-order valence-electron chi connectivity index (χ3n) is 4.27. The fourth-order valence-corrected chi connectivity index (χ4v) is 2.60. The number of nitrogens with zero attached hydrogens (tertiary/aromatic N) is 4. The average Bonchev–Trinajstić information content (AvgIpc) is 2.55. The minimum Gasteiger partial charge on any atom is -0.357 e. The molecule has 128 valence electrons. The van der Waals surface area contributed by atoms with Gasteiger partial charge in [0.15, 0.2) is 0 Å². The molecule has 6 nitrogen and oxygen atoms in total. The molecule has 0 unspecified atom stereocenters. The van der Waals surface area contributed by atoms with Crippen molar-refractivity contribution in [1.29, 1.82) is 0 Å². The Kier molecular flexibility index (Phi) is 6.36. The number of likely N-dealkylation sites (N-methyl/N-ethyl adjacent to an activating group) is 1. The van der Waals surface area contributed by atoms with Crippen LogP contribution >= 0.6 is 0 Å². The lowest BCUT2D eigenvalue weighted by Crippen LogP contribution is -2.49. The first-order chi connectivity index (χ1) is 11.0. The lowest BCUT2D eigenvalue weighted by Gasteiger charge is -2.29. The van der Waals surface area contributed by atoms with Crippen LogP contribution in [-0.2, 0) is 11.3 Å². The molecule has 23 heavy (non-hydrogen) atoms. The molecule has 0 spiro atoms. The van der Waals surface area contributed by atoms with Gasteiger partial charge >= 0.3 is 0 Å². The van der Waals surface area contributed by atoms with Crippen LogP contribution in [0.1, 0.15) is 19.4 Å². The van der Waals surface area contributed by atoms with Crippen molar-refractivity contribution in [2.45, 2.75) is 26.4 Å². The Balaban J connectivity index is 1.84. The van der Waals surface area contributed by atoms with Gasteiger partial charge in [0.05, 0.1) is 6.54 Å². The van der Waals surface area contributed by atoms with Gasteiger partial charge in [-0.2, -0.15) is 0 Å². The Labute approximate surface area is 139 Å². The molecular weight excluding hydrogens is 290 g/mol. The van der Waals surface area contributed by atoms with Crippen LogP contribution in [0.15, 0.2) is 18.3 Å². The summed E-state index contributed by atoms with van der Waals surface area (Å²) < 4.78 is 0. The van der Waals surface area contributed by atoms with E-state index in [1.54, 1.807) is 0 Å². The van der Waals surface area contributed by atoms with E-state index in [4.69, 9.17) is 0 Å². The minimum absolute atomic E-state index is 0.207. The molecule has 0 radical (unpaired) electrons. The Morgan fingerprint density at radius 2 is 2.00 bits per heavy atom. The number of nitrogens with one attached hydrogen (secondary N) is 1. The largest absolute Gasteiger partial charge is 0.357 e. The number of carbonyl (C=O) groups excluding carboxylic acids is 1. The first-order valence-electron chi connectivity index (χ1n) is 8.32. The second kappa shape index (κ2) is 8.26. The zero-order valence-electron chi connectivity index (χ0n) is 14.7. The molecule has 1 aromatic heterocycles. The summed E-state index contributed by atoms with van der Waals surface area (Å²) in [7, 11) is 4.03. The molecule has 2 rings (SSSR count). The molecule has 1 aromatic rings. The normalized spacial score (nSPS) is 15.3. The fourth-order valence-electron chi connectivity index (χ4n) is 2.60. The lowest BCUT2D eigenvalue weighted by molar-refractivity contribution is -0.132. The van der Waals surface area contributed by atoms with E-state index in [1.807, 2.05) is 36.2 Å². The number of hydrogen-bond donors (Lipinski definition) is 1. The quantitative estimate of drug-likeness (QED) is 0.840. The second-order valence-corrected chi connectivity index (χ2v) is 6.53. The molecule has 0 aliphatic carbocycles. The molecular formula is C17H29N5O. The van der Waals surface area contributed by atoms with E-state index < -0.39 is 0 Å². The summed E-state index contributed by atoms with van der Waals surface area (Å²) in [6.45, 7) is 8.88. The molecule has 0 aromatic carbocycles. The summed E-state index contributed by atoms with van der Waals surface area (Å²) >= 11 is 0. The highest BCUT2D eigenvalue weighted by Crippen LogP contribution is 2.13. The molecule has 1 amide bonds. The van der Waals surface area contributed by atoms with Gasteiger partial charge in [0.25, 0.3) is 0 Å². The molecule has 1 aliphatic rings. The summed E-state index contributed by atoms with van der Waals surface area (Å²) in [5, 5.41) is 3.27. The molecule has 2 heterocycles. The van der Waals surface area contributed by atoms with Crippen LogP contribution in [-0.4, -0.2) is 73.6 Å². The number of pyridine rings is 1. The predicted molar refractivity (Wildman–Crippen MR) is 93.6 cm³/mol. The van der Waals surface area contributed by atoms with E-state index in [0.717, 1.165) is 44.1 Å². The van der Waals surface area contributed by atoms with Gasteiger partial charge in [-0.05, 0) is 32.5 Å². The van der Waals surface area contributed by atoms with Crippen molar-refractivity contribution in [3.8, 4) is 0 Å². The second-order valence-electron chi connectivity index (χ2n) is 6.53. The maximum absolute atomic E-state index is 12.3. The zero-order valence-corrected chi connectivity index (χ0v) is 14.7. The summed E-state index contributed by atoms with van der Waals surface area (Å²) in [6.07, 6.45) is 1.90. The van der Waals surface area contributed by atoms with Crippen molar-refractivity contribution in [2.24, 2.45) is 0 Å². The number of carbonyl (C=O) groups is 1. The predicted octanol–water partition coefficient (Wildman–Crippen LogP) is 0.790. The van der Waals surface area contributed by atoms with E-state index in [2.05, 4.69) is 35.1 Å². The van der Waals surface area contributed by atoms with Crippen LogP contribution < -0.4 is 10.2 Å². The van der Waals surface area contributed by atoms with Crippen molar-refractivity contribution in [1.82, 2.24) is 20.1 Å². The molecule has 0 bridgehead atoms. The monoisotopic (exact) mass is 319 g/mol. The smallest absolute Gasteiger partial charge is 0.236 e. The van der Waals surface area contributed by atoms with Gasteiger partial charge in [-0.25, -0.2) is 4.98 Å². The highest BCUT2D eigenvalue weighted by atomic mass is 16.2. The summed E-state index contributed by atoms with van der Waals surface area (Å²) in [5.74, 6) is 1.18. The third-order valence-corrected chi connectivity index (χ3v) is 4.27. The number of rotatable bonds is 6. The Morgan fingerprint density at radius 1 is 1.30 bits per heavy atom. The van der Waals surface area contributed by atoms with Gasteiger partial charge < -0.3 is 15.1 Å². The topological polar surface area (TPSA) is 51.7 Å². The SMILES string of the molecule is CC(C)N(C)c1ccc(CN(C)CC(=O)N2CCNCC2)cn1. The molecule has 1 N–H and O–H groups in total. The lowest BCUT2D eigenvalue weighted by atomic mass is 10.2. The maximum atomic E-state index is 12.3. The van der Waals surface area contributed by atoms with Gasteiger partial charge in [-0.15, -0.1) is 0 Å². The van der Waals surface area contributed by atoms with Gasteiger partial charge in [-0.3, -0.25) is 9.69 Å². The molecule has 1 saturated heterocycles. The number of amides is 1. The molecule has 1 fully saturated rings. The summed E-state index contributed by atoms with van der Waals surface area (Å²) in [6, 6.07) is 4.56. The van der Waals surface area contributed by atoms with Crippen molar-refractivity contribution >= 4 is 11.7 Å². The Bertz CT molecular complexity index is 496. The zero-order chi connectivity index (χ0) is 16.8. The standard InChI is InChI=1S/C17H29N5O/c1-14(2)21(4)16-6-5-15(11-19-16)12-20(3)13-17(23)22-9-7-18-8-10-22/h5-6,11,14,18H,7-10,12-13H2,1-4H3. The van der Waals surface area contributed by atoms with Crippen LogP contribution in [0.2, 0.25) is 0 Å². The van der Waals surface area contributed by atoms with Crippen LogP contribution in [0.25, 0.3) is 0 Å². The molecule has 6 heteroatoms. The van der Waals surface area contributed by atoms with Gasteiger partial charge in [-0.1, -0.05) is 6.07 Å². The number of aromatic nitrogens is 1. The van der Waals surface area contributed by atoms with E-state index in [9.17, 15) is 4.79 Å². The summed E-state index contributed by atoms with van der Waals surface area (Å²) in [4.78, 5) is 22.9. The van der Waals surface area contributed by atoms with E-state index in [0.29, 0.717) is 12.6 Å². The van der Waals surface area contributed by atoms with Crippen LogP contribution in [0.5, 0.6) is 0 Å². The Hall–Kier alpha value is -1.66. The van der Waals surface area contributed by atoms with E-state index >= 15 is 0 Å². The van der Waals surface area contributed by atoms with Gasteiger partial charge in [0.1, 0.15) is 5.82 Å². The number of piperazine rings is 1. The number of hydrogen-bond acceptors (Lipinski definition) is 5. The average molecular weight is 319 g/mol. The maximum Gasteiger partial charge on any atom is 0.236 e. The highest BCUT2D eigenvalue weighted by Gasteiger charge is 2.17. The van der Waals surface area contributed by atoms with Crippen molar-refractivity contribution in [2.75, 3.05) is 51.7 Å². The molecule has 1 aliphatic heterocycles. The first-order valence-corrected chi connectivity index (χ1v) is 8.32. The van der Waals surface area contributed by atoms with Gasteiger partial charge in [0.2, 0.25) is 5.91 Å². The summed E-state index contributed by atoms with van der Waals surface area (Å²) in [5.41, 5.74) is 1.13. The van der Waals surface area contributed by atoms with Crippen molar-refractivity contribution < 1.29 is 4.79 Å². The first kappa shape index (κ1) is 17.7. The highest BCUT2D eigenvalue weighted by molar-refractivity contribution is 5.78. The van der Waals surface area contributed by atoms with E-state index in [-0.39, 0.29) is 5.91 Å². The van der Waals surface area contributed by atoms with E-state index in [1.165, 1.54) is 0 Å². The Morgan fingerprint density at radius 3 is 2.57 bits per heavy atom. The number of anilines is 1. The van der Waals surface area contributed by atoms with Crippen LogP contribution in [0, 0.1) is 0 Å². The van der Waals surface area contributed by atoms with Gasteiger partial charge in [0, 0.05) is 52.0 Å². The van der Waals surface area contributed by atoms with Crippen LogP contribution in [0.3, 0.4) is 0 Å². The van der Waals surface area contributed by atoms with Crippen molar-refractivity contribution in [3.05, 3.63) is 23.9 Å². The third kappa shape index (κ3) is 5.18. The molecule has 0 saturated carbocycles. The molecule has 0 atom stereocenters. The fraction of sp³-hybridized carbons (Fsp3) is 0.647. The minimum atomic E-state index is 0.207.